The van der Waals surface area contributed by atoms with E-state index in [0.717, 1.165) is 16.0 Å². The van der Waals surface area contributed by atoms with E-state index in [1.54, 1.807) is 13.0 Å². The van der Waals surface area contributed by atoms with Crippen LogP contribution in [0.2, 0.25) is 0 Å². The van der Waals surface area contributed by atoms with E-state index in [1.807, 2.05) is 37.3 Å². The van der Waals surface area contributed by atoms with Crippen molar-refractivity contribution >= 4 is 38.8 Å². The molecule has 8 nitrogen and oxygen atoms in total. The van der Waals surface area contributed by atoms with Gasteiger partial charge in [0.1, 0.15) is 11.4 Å². The molecule has 0 spiro atoms. The Hall–Kier alpha value is -3.85. The van der Waals surface area contributed by atoms with Gasteiger partial charge in [0, 0.05) is 22.6 Å². The number of carbonyl (C=O) groups is 1. The maximum Gasteiger partial charge on any atom is 0.271 e. The average Bonchev–Trinajstić information content (AvgIpc) is 3.09. The van der Waals surface area contributed by atoms with Crippen LogP contribution in [0.3, 0.4) is 0 Å². The maximum atomic E-state index is 13.2. The molecule has 0 aliphatic heterocycles. The first kappa shape index (κ1) is 20.4. The van der Waals surface area contributed by atoms with Crippen molar-refractivity contribution in [3.05, 3.63) is 85.8 Å². The predicted molar refractivity (Wildman–Crippen MR) is 121 cm³/mol. The van der Waals surface area contributed by atoms with Crippen LogP contribution in [0.15, 0.2) is 59.7 Å². The molecule has 1 N–H and O–H groups in total. The zero-order valence-electron chi connectivity index (χ0n) is 16.8. The highest BCUT2D eigenvalue weighted by Gasteiger charge is 2.18. The Balaban J connectivity index is 1.68. The van der Waals surface area contributed by atoms with Crippen LogP contribution in [-0.4, -0.2) is 20.4 Å². The second-order valence-electron chi connectivity index (χ2n) is 7.06. The number of aromatic nitrogens is 2. The van der Waals surface area contributed by atoms with Gasteiger partial charge < -0.3 is 5.32 Å². The highest BCUT2D eigenvalue weighted by molar-refractivity contribution is 7.19. The van der Waals surface area contributed by atoms with Gasteiger partial charge in [-0.05, 0) is 25.0 Å². The van der Waals surface area contributed by atoms with Crippen LogP contribution in [0.4, 0.5) is 11.4 Å². The Morgan fingerprint density at radius 1 is 1.19 bits per heavy atom. The van der Waals surface area contributed by atoms with Gasteiger partial charge in [0.25, 0.3) is 11.2 Å². The van der Waals surface area contributed by atoms with E-state index in [2.05, 4.69) is 10.3 Å². The van der Waals surface area contributed by atoms with Crippen molar-refractivity contribution in [2.45, 2.75) is 20.4 Å². The number of hydrogen-bond donors (Lipinski definition) is 1. The minimum atomic E-state index is -0.526. The molecule has 2 aromatic heterocycles. The molecule has 2 aromatic carbocycles. The Morgan fingerprint density at radius 2 is 1.94 bits per heavy atom. The molecule has 0 bridgehead atoms. The Morgan fingerprint density at radius 3 is 2.65 bits per heavy atom. The number of benzene rings is 2. The number of thiophene rings is 1. The molecular formula is C22H18N4O4S. The Bertz CT molecular complexity index is 1380. The van der Waals surface area contributed by atoms with Crippen molar-refractivity contribution in [1.82, 2.24) is 9.55 Å². The fraction of sp³-hybridized carbons (Fsp3) is 0.136. The van der Waals surface area contributed by atoms with Crippen LogP contribution in [0.1, 0.15) is 10.4 Å². The highest BCUT2D eigenvalue weighted by Crippen LogP contribution is 2.35. The van der Waals surface area contributed by atoms with Crippen LogP contribution < -0.4 is 10.9 Å². The minimum Gasteiger partial charge on any atom is -0.324 e. The molecule has 4 rings (SSSR count). The number of amides is 1. The zero-order chi connectivity index (χ0) is 22.1. The molecule has 1 amide bonds. The number of hydrogen-bond acceptors (Lipinski definition) is 6. The van der Waals surface area contributed by atoms with Crippen molar-refractivity contribution in [1.29, 1.82) is 0 Å². The molecule has 0 aliphatic rings. The molecular weight excluding hydrogens is 416 g/mol. The summed E-state index contributed by atoms with van der Waals surface area (Å²) in [7, 11) is 0. The summed E-state index contributed by atoms with van der Waals surface area (Å²) in [6.45, 7) is 3.42. The molecule has 0 radical (unpaired) electrons. The predicted octanol–water partition coefficient (Wildman–Crippen LogP) is 4.29. The minimum absolute atomic E-state index is 0.123. The first-order chi connectivity index (χ1) is 14.8. The summed E-state index contributed by atoms with van der Waals surface area (Å²) < 4.78 is 1.25. The Labute approximate surface area is 181 Å². The number of nitrogens with zero attached hydrogens (tertiary/aromatic N) is 3. The highest BCUT2D eigenvalue weighted by atomic mass is 32.1. The number of fused-ring (bicyclic) bond motifs is 1. The van der Waals surface area contributed by atoms with Crippen molar-refractivity contribution in [3.63, 3.8) is 0 Å². The number of carbonyl (C=O) groups excluding carboxylic acids is 1. The van der Waals surface area contributed by atoms with E-state index in [9.17, 15) is 19.7 Å². The molecule has 4 aromatic rings. The third-order valence-electron chi connectivity index (χ3n) is 4.94. The van der Waals surface area contributed by atoms with Crippen LogP contribution >= 0.6 is 11.3 Å². The smallest absolute Gasteiger partial charge is 0.271 e. The Kier molecular flexibility index (Phi) is 5.35. The second-order valence-corrected chi connectivity index (χ2v) is 8.26. The van der Waals surface area contributed by atoms with E-state index in [-0.39, 0.29) is 17.8 Å². The summed E-state index contributed by atoms with van der Waals surface area (Å²) in [6, 6.07) is 13.8. The lowest BCUT2D eigenvalue weighted by Crippen LogP contribution is -2.28. The third-order valence-corrected chi connectivity index (χ3v) is 5.95. The van der Waals surface area contributed by atoms with Gasteiger partial charge >= 0.3 is 0 Å². The molecule has 0 atom stereocenters. The quantitative estimate of drug-likeness (QED) is 0.372. The molecule has 31 heavy (non-hydrogen) atoms. The van der Waals surface area contributed by atoms with Gasteiger partial charge in [0.15, 0.2) is 0 Å². The van der Waals surface area contributed by atoms with Crippen molar-refractivity contribution in [2.75, 3.05) is 5.32 Å². The van der Waals surface area contributed by atoms with Gasteiger partial charge in [-0.2, -0.15) is 0 Å². The van der Waals surface area contributed by atoms with Gasteiger partial charge in [-0.3, -0.25) is 24.3 Å². The van der Waals surface area contributed by atoms with Crippen LogP contribution in [0, 0.1) is 24.0 Å². The topological polar surface area (TPSA) is 107 Å². The zero-order valence-corrected chi connectivity index (χ0v) is 17.6. The van der Waals surface area contributed by atoms with Gasteiger partial charge in [-0.15, -0.1) is 11.3 Å². The van der Waals surface area contributed by atoms with E-state index < -0.39 is 10.8 Å². The molecule has 0 unspecified atom stereocenters. The fourth-order valence-electron chi connectivity index (χ4n) is 3.41. The number of aryl methyl sites for hydroxylation is 2. The average molecular weight is 434 g/mol. The summed E-state index contributed by atoms with van der Waals surface area (Å²) in [4.78, 5) is 42.2. The van der Waals surface area contributed by atoms with E-state index in [1.165, 1.54) is 34.4 Å². The molecule has 0 saturated heterocycles. The van der Waals surface area contributed by atoms with Crippen molar-refractivity contribution < 1.29 is 9.72 Å². The van der Waals surface area contributed by atoms with Crippen LogP contribution in [0.25, 0.3) is 21.3 Å². The number of non-ortho nitro benzene ring substituents is 1. The number of nitro benzene ring substituents is 1. The number of rotatable bonds is 5. The van der Waals surface area contributed by atoms with Crippen LogP contribution in [-0.2, 0) is 11.3 Å². The summed E-state index contributed by atoms with van der Waals surface area (Å²) in [5.41, 5.74) is 2.32. The molecule has 2 heterocycles. The lowest BCUT2D eigenvalue weighted by molar-refractivity contribution is -0.384. The number of anilines is 1. The molecule has 0 fully saturated rings. The van der Waals surface area contributed by atoms with Gasteiger partial charge in [0.2, 0.25) is 5.91 Å². The van der Waals surface area contributed by atoms with Crippen LogP contribution in [0.5, 0.6) is 0 Å². The maximum absolute atomic E-state index is 13.2. The molecule has 0 aliphatic carbocycles. The largest absolute Gasteiger partial charge is 0.324 e. The van der Waals surface area contributed by atoms with Crippen molar-refractivity contribution in [3.8, 4) is 11.1 Å². The fourth-order valence-corrected chi connectivity index (χ4v) is 4.41. The first-order valence-corrected chi connectivity index (χ1v) is 10.3. The summed E-state index contributed by atoms with van der Waals surface area (Å²) in [5.74, 6) is -0.472. The lowest BCUT2D eigenvalue weighted by Gasteiger charge is -2.10. The number of nitro groups is 1. The van der Waals surface area contributed by atoms with Gasteiger partial charge in [-0.25, -0.2) is 4.98 Å². The standard InChI is InChI=1S/C22H18N4O4S/c1-13-8-9-16(26(29)30)10-17(13)24-18(27)11-25-12-23-21-20(22(25)28)19(14(2)31-21)15-6-4-3-5-7-15/h3-10,12H,11H2,1-2H3,(H,24,27). The van der Waals surface area contributed by atoms with E-state index >= 15 is 0 Å². The normalized spacial score (nSPS) is 10.9. The monoisotopic (exact) mass is 434 g/mol. The van der Waals surface area contributed by atoms with E-state index in [4.69, 9.17) is 0 Å². The molecule has 156 valence electrons. The summed E-state index contributed by atoms with van der Waals surface area (Å²) >= 11 is 1.44. The summed E-state index contributed by atoms with van der Waals surface area (Å²) in [5, 5.41) is 14.1. The van der Waals surface area contributed by atoms with Gasteiger partial charge in [-0.1, -0.05) is 36.4 Å². The van der Waals surface area contributed by atoms with Crippen molar-refractivity contribution in [2.24, 2.45) is 0 Å². The second kappa shape index (κ2) is 8.11. The van der Waals surface area contributed by atoms with E-state index in [0.29, 0.717) is 21.5 Å². The SMILES string of the molecule is Cc1ccc([N+](=O)[O-])cc1NC(=O)Cn1cnc2sc(C)c(-c3ccccc3)c2c1=O. The summed E-state index contributed by atoms with van der Waals surface area (Å²) in [6.07, 6.45) is 1.36. The molecule has 9 heteroatoms. The third kappa shape index (κ3) is 3.95. The lowest BCUT2D eigenvalue weighted by atomic mass is 10.0. The number of nitrogens with one attached hydrogen (secondary N) is 1. The first-order valence-electron chi connectivity index (χ1n) is 9.44. The molecule has 0 saturated carbocycles. The van der Waals surface area contributed by atoms with Gasteiger partial charge in [0.05, 0.1) is 22.3 Å².